The Hall–Kier alpha value is -0.690. The number of likely N-dealkylation sites (tertiary alicyclic amines) is 1. The van der Waals surface area contributed by atoms with Gasteiger partial charge in [-0.15, -0.1) is 0 Å². The van der Waals surface area contributed by atoms with Crippen molar-refractivity contribution in [1.82, 2.24) is 10.2 Å². The number of rotatable bonds is 6. The first-order valence-electron chi connectivity index (χ1n) is 12.3. The molecule has 0 aromatic heterocycles. The van der Waals surface area contributed by atoms with Crippen LogP contribution in [0, 0.1) is 29.6 Å². The molecule has 0 spiro atoms. The van der Waals surface area contributed by atoms with Crippen LogP contribution >= 0.6 is 0 Å². The molecule has 9 atom stereocenters. The minimum Gasteiger partial charge on any atom is -0.466 e. The number of fused-ring (bicyclic) bond motifs is 2. The van der Waals surface area contributed by atoms with Gasteiger partial charge >= 0.3 is 5.97 Å². The lowest BCUT2D eigenvalue weighted by molar-refractivity contribution is -0.152. The van der Waals surface area contributed by atoms with Gasteiger partial charge in [-0.05, 0) is 76.7 Å². The average Bonchev–Trinajstić information content (AvgIpc) is 3.10. The number of ether oxygens (including phenoxy) is 3. The number of methoxy groups -OCH3 is 2. The second-order valence-corrected chi connectivity index (χ2v) is 10.2. The van der Waals surface area contributed by atoms with E-state index in [-0.39, 0.29) is 24.0 Å². The molecule has 2 saturated carbocycles. The van der Waals surface area contributed by atoms with Crippen molar-refractivity contribution in [2.75, 3.05) is 40.5 Å². The van der Waals surface area contributed by atoms with Crippen molar-refractivity contribution in [3.63, 3.8) is 0 Å². The Bertz CT molecular complexity index is 588. The molecular formula is C24H42N2O4. The highest BCUT2D eigenvalue weighted by atomic mass is 16.5. The second kappa shape index (κ2) is 9.85. The van der Waals surface area contributed by atoms with Crippen LogP contribution in [0.4, 0.5) is 0 Å². The largest absolute Gasteiger partial charge is 0.466 e. The zero-order chi connectivity index (χ0) is 21.3. The number of hydrogen-bond donors (Lipinski definition) is 1. The molecule has 0 bridgehead atoms. The Morgan fingerprint density at radius 1 is 1.07 bits per heavy atom. The summed E-state index contributed by atoms with van der Waals surface area (Å²) in [5, 5.41) is 3.72. The fourth-order valence-corrected chi connectivity index (χ4v) is 7.24. The number of hydrogen-bond acceptors (Lipinski definition) is 6. The first-order valence-corrected chi connectivity index (χ1v) is 12.3. The van der Waals surface area contributed by atoms with E-state index in [0.717, 1.165) is 37.8 Å². The van der Waals surface area contributed by atoms with Crippen molar-refractivity contribution in [2.24, 2.45) is 29.6 Å². The lowest BCUT2D eigenvalue weighted by Crippen LogP contribution is -2.52. The van der Waals surface area contributed by atoms with Gasteiger partial charge in [0.15, 0.2) is 0 Å². The summed E-state index contributed by atoms with van der Waals surface area (Å²) in [6.07, 6.45) is 7.86. The maximum atomic E-state index is 12.9. The molecule has 172 valence electrons. The van der Waals surface area contributed by atoms with E-state index >= 15 is 0 Å². The maximum Gasteiger partial charge on any atom is 0.310 e. The standard InChI is InChI=1S/C24H42N2O4/c1-5-30-24(27)22-15(2)25-20-8-9-21(29-4)19(23(20)22)14-26-11-10-16-12-18(28-3)7-6-17(16)13-26/h15-23,25H,5-14H2,1-4H3. The van der Waals surface area contributed by atoms with E-state index in [9.17, 15) is 4.79 Å². The highest BCUT2D eigenvalue weighted by molar-refractivity contribution is 5.74. The van der Waals surface area contributed by atoms with Crippen molar-refractivity contribution in [2.45, 2.75) is 76.7 Å². The van der Waals surface area contributed by atoms with Crippen LogP contribution in [0.3, 0.4) is 0 Å². The third kappa shape index (κ3) is 4.43. The minimum atomic E-state index is -0.0624. The van der Waals surface area contributed by atoms with Gasteiger partial charge in [-0.2, -0.15) is 0 Å². The van der Waals surface area contributed by atoms with Gasteiger partial charge in [0.2, 0.25) is 0 Å². The molecular weight excluding hydrogens is 380 g/mol. The van der Waals surface area contributed by atoms with Crippen molar-refractivity contribution in [3.8, 4) is 0 Å². The Morgan fingerprint density at radius 2 is 1.90 bits per heavy atom. The summed E-state index contributed by atoms with van der Waals surface area (Å²) < 4.78 is 17.1. The van der Waals surface area contributed by atoms with Crippen LogP contribution in [0.1, 0.15) is 52.4 Å². The molecule has 4 rings (SSSR count). The van der Waals surface area contributed by atoms with Crippen LogP contribution in [0.25, 0.3) is 0 Å². The van der Waals surface area contributed by atoms with Gasteiger partial charge in [-0.1, -0.05) is 0 Å². The summed E-state index contributed by atoms with van der Waals surface area (Å²) in [6, 6.07) is 0.577. The quantitative estimate of drug-likeness (QED) is 0.664. The number of nitrogens with one attached hydrogen (secondary N) is 1. The summed E-state index contributed by atoms with van der Waals surface area (Å²) in [4.78, 5) is 15.5. The van der Waals surface area contributed by atoms with Gasteiger partial charge in [-0.3, -0.25) is 4.79 Å². The monoisotopic (exact) mass is 422 g/mol. The zero-order valence-electron chi connectivity index (χ0n) is 19.3. The molecule has 1 N–H and O–H groups in total. The van der Waals surface area contributed by atoms with Gasteiger partial charge in [0, 0.05) is 45.3 Å². The Labute approximate surface area is 182 Å². The minimum absolute atomic E-state index is 0.0247. The molecule has 6 nitrogen and oxygen atoms in total. The third-order valence-corrected chi connectivity index (χ3v) is 8.69. The Kier molecular flexibility index (Phi) is 7.38. The van der Waals surface area contributed by atoms with Crippen LogP contribution in [0.15, 0.2) is 0 Å². The van der Waals surface area contributed by atoms with E-state index in [4.69, 9.17) is 14.2 Å². The fraction of sp³-hybridized carbons (Fsp3) is 0.958. The van der Waals surface area contributed by atoms with E-state index in [1.807, 2.05) is 21.1 Å². The van der Waals surface area contributed by atoms with Gasteiger partial charge < -0.3 is 24.4 Å². The highest BCUT2D eigenvalue weighted by Crippen LogP contribution is 2.44. The average molecular weight is 423 g/mol. The van der Waals surface area contributed by atoms with Crippen LogP contribution in [0.5, 0.6) is 0 Å². The van der Waals surface area contributed by atoms with Crippen molar-refractivity contribution < 1.29 is 19.0 Å². The number of carbonyl (C=O) groups is 1. The predicted molar refractivity (Wildman–Crippen MR) is 116 cm³/mol. The predicted octanol–water partition coefficient (Wildman–Crippen LogP) is 2.70. The molecule has 2 aliphatic heterocycles. The van der Waals surface area contributed by atoms with Gasteiger partial charge in [0.05, 0.1) is 24.7 Å². The molecule has 4 aliphatic rings. The number of piperidine rings is 1. The molecule has 30 heavy (non-hydrogen) atoms. The molecule has 0 aromatic carbocycles. The first-order chi connectivity index (χ1) is 14.5. The molecule has 2 aliphatic carbocycles. The van der Waals surface area contributed by atoms with Crippen molar-refractivity contribution in [3.05, 3.63) is 0 Å². The third-order valence-electron chi connectivity index (χ3n) is 8.69. The molecule has 6 heteroatoms. The van der Waals surface area contributed by atoms with Gasteiger partial charge in [0.1, 0.15) is 0 Å². The van der Waals surface area contributed by atoms with E-state index in [2.05, 4.69) is 17.1 Å². The molecule has 0 aromatic rings. The van der Waals surface area contributed by atoms with Crippen molar-refractivity contribution in [1.29, 1.82) is 0 Å². The Morgan fingerprint density at radius 3 is 2.63 bits per heavy atom. The summed E-state index contributed by atoms with van der Waals surface area (Å²) in [7, 11) is 3.71. The first kappa shape index (κ1) is 22.5. The molecule has 0 radical (unpaired) electrons. The molecule has 2 saturated heterocycles. The molecule has 9 unspecified atom stereocenters. The summed E-state index contributed by atoms with van der Waals surface area (Å²) in [6.45, 7) is 7.91. The van der Waals surface area contributed by atoms with E-state index in [0.29, 0.717) is 30.6 Å². The zero-order valence-corrected chi connectivity index (χ0v) is 19.3. The molecule has 0 amide bonds. The lowest BCUT2D eigenvalue weighted by atomic mass is 9.68. The van der Waals surface area contributed by atoms with Gasteiger partial charge in [-0.25, -0.2) is 0 Å². The summed E-state index contributed by atoms with van der Waals surface area (Å²) >= 11 is 0. The van der Waals surface area contributed by atoms with Crippen LogP contribution in [0.2, 0.25) is 0 Å². The van der Waals surface area contributed by atoms with E-state index < -0.39 is 0 Å². The van der Waals surface area contributed by atoms with Crippen molar-refractivity contribution >= 4 is 5.97 Å². The number of nitrogens with zero attached hydrogens (tertiary/aromatic N) is 1. The van der Waals surface area contributed by atoms with E-state index in [1.54, 1.807) is 0 Å². The fourth-order valence-electron chi connectivity index (χ4n) is 7.24. The highest BCUT2D eigenvalue weighted by Gasteiger charge is 2.53. The van der Waals surface area contributed by atoms with Crippen LogP contribution in [-0.4, -0.2) is 75.6 Å². The number of esters is 1. The normalized spacial score (nSPS) is 44.3. The van der Waals surface area contributed by atoms with E-state index in [1.165, 1.54) is 32.2 Å². The lowest BCUT2D eigenvalue weighted by Gasteiger charge is -2.47. The second-order valence-electron chi connectivity index (χ2n) is 10.2. The molecule has 4 fully saturated rings. The van der Waals surface area contributed by atoms with Crippen LogP contribution in [-0.2, 0) is 19.0 Å². The van der Waals surface area contributed by atoms with Gasteiger partial charge in [0.25, 0.3) is 0 Å². The summed E-state index contributed by atoms with van der Waals surface area (Å²) in [5.41, 5.74) is 0. The molecule has 2 heterocycles. The smallest absolute Gasteiger partial charge is 0.310 e. The topological polar surface area (TPSA) is 60.0 Å². The maximum absolute atomic E-state index is 12.9. The number of carbonyl (C=O) groups excluding carboxylic acids is 1. The Balaban J connectivity index is 1.46. The van der Waals surface area contributed by atoms with Crippen LogP contribution < -0.4 is 5.32 Å². The SMILES string of the molecule is CCOC(=O)C1C(C)NC2CCC(OC)C(CN3CCC4CC(OC)CCC4C3)C21. The summed E-state index contributed by atoms with van der Waals surface area (Å²) in [5.74, 6) is 2.22.